The van der Waals surface area contributed by atoms with E-state index in [0.29, 0.717) is 11.2 Å². The Kier molecular flexibility index (Phi) is 5.57. The number of imidazole rings is 1. The highest BCUT2D eigenvalue weighted by Gasteiger charge is 2.35. The number of anilines is 1. The van der Waals surface area contributed by atoms with Crippen LogP contribution >= 0.6 is 15.9 Å². The minimum absolute atomic E-state index is 0.0807. The summed E-state index contributed by atoms with van der Waals surface area (Å²) >= 11 is 3.06. The standard InChI is InChI=1S/C14H20BrN3O5/c1-13(2,3)22-11(20)18(12(21)23-14(4,5)6)10-16-8(7-19)9(15)17-10/h7H,1-6H3,(H,16,17). The van der Waals surface area contributed by atoms with Crippen LogP contribution in [0.15, 0.2) is 4.60 Å². The molecule has 0 saturated carbocycles. The molecule has 23 heavy (non-hydrogen) atoms. The van der Waals surface area contributed by atoms with Crippen molar-refractivity contribution in [1.29, 1.82) is 0 Å². The molecular formula is C14H20BrN3O5. The summed E-state index contributed by atoms with van der Waals surface area (Å²) < 4.78 is 10.6. The van der Waals surface area contributed by atoms with Crippen LogP contribution in [-0.2, 0) is 9.47 Å². The third-order valence-electron chi connectivity index (χ3n) is 2.15. The third-order valence-corrected chi connectivity index (χ3v) is 2.76. The number of ether oxygens (including phenoxy) is 2. The van der Waals surface area contributed by atoms with Crippen LogP contribution in [0.5, 0.6) is 0 Å². The highest BCUT2D eigenvalue weighted by molar-refractivity contribution is 9.10. The summed E-state index contributed by atoms with van der Waals surface area (Å²) in [5.41, 5.74) is -1.57. The molecule has 0 spiro atoms. The Morgan fingerprint density at radius 3 is 1.83 bits per heavy atom. The van der Waals surface area contributed by atoms with Crippen molar-refractivity contribution >= 4 is 40.4 Å². The first-order valence-electron chi connectivity index (χ1n) is 6.81. The van der Waals surface area contributed by atoms with E-state index >= 15 is 0 Å². The summed E-state index contributed by atoms with van der Waals surface area (Å²) in [5, 5.41) is 0. The van der Waals surface area contributed by atoms with E-state index < -0.39 is 23.4 Å². The molecule has 0 aliphatic carbocycles. The predicted octanol–water partition coefficient (Wildman–Crippen LogP) is 3.66. The van der Waals surface area contributed by atoms with Gasteiger partial charge in [-0.2, -0.15) is 0 Å². The number of aromatic nitrogens is 2. The SMILES string of the molecule is CC(C)(C)OC(=O)N(C(=O)OC(C)(C)C)c1nc(Br)c(C=O)[nH]1. The molecular weight excluding hydrogens is 370 g/mol. The molecule has 0 aliphatic heterocycles. The number of carbonyl (C=O) groups excluding carboxylic acids is 3. The molecule has 0 radical (unpaired) electrons. The van der Waals surface area contributed by atoms with Gasteiger partial charge in [0, 0.05) is 0 Å². The van der Waals surface area contributed by atoms with Gasteiger partial charge in [0.15, 0.2) is 6.29 Å². The van der Waals surface area contributed by atoms with Crippen molar-refractivity contribution in [1.82, 2.24) is 9.97 Å². The minimum atomic E-state index is -0.967. The Bertz CT molecular complexity index is 585. The van der Waals surface area contributed by atoms with E-state index in [0.717, 1.165) is 0 Å². The number of amides is 2. The first-order chi connectivity index (χ1) is 10.3. The number of imide groups is 1. The summed E-state index contributed by atoms with van der Waals surface area (Å²) in [6.45, 7) is 9.96. The largest absolute Gasteiger partial charge is 0.443 e. The molecule has 0 aliphatic rings. The topological polar surface area (TPSA) is 102 Å². The molecule has 0 saturated heterocycles. The Morgan fingerprint density at radius 2 is 1.52 bits per heavy atom. The van der Waals surface area contributed by atoms with Crippen molar-refractivity contribution in [3.05, 3.63) is 10.3 Å². The number of hydrogen-bond acceptors (Lipinski definition) is 6. The number of nitrogens with zero attached hydrogens (tertiary/aromatic N) is 2. The van der Waals surface area contributed by atoms with Crippen LogP contribution in [0.4, 0.5) is 15.5 Å². The highest BCUT2D eigenvalue weighted by atomic mass is 79.9. The molecule has 0 bridgehead atoms. The predicted molar refractivity (Wildman–Crippen MR) is 86.6 cm³/mol. The Hall–Kier alpha value is -1.90. The van der Waals surface area contributed by atoms with Gasteiger partial charge in [-0.3, -0.25) is 4.79 Å². The van der Waals surface area contributed by atoms with Gasteiger partial charge in [0.25, 0.3) is 0 Å². The van der Waals surface area contributed by atoms with E-state index in [4.69, 9.17) is 9.47 Å². The van der Waals surface area contributed by atoms with Crippen molar-refractivity contribution in [3.63, 3.8) is 0 Å². The third kappa shape index (κ3) is 5.66. The number of halogens is 1. The van der Waals surface area contributed by atoms with E-state index in [1.807, 2.05) is 0 Å². The van der Waals surface area contributed by atoms with E-state index in [9.17, 15) is 14.4 Å². The number of aromatic amines is 1. The van der Waals surface area contributed by atoms with Crippen LogP contribution in [0.1, 0.15) is 52.0 Å². The van der Waals surface area contributed by atoms with E-state index in [1.54, 1.807) is 41.5 Å². The van der Waals surface area contributed by atoms with Crippen molar-refractivity contribution in [2.75, 3.05) is 4.90 Å². The van der Waals surface area contributed by atoms with Crippen LogP contribution in [0.3, 0.4) is 0 Å². The smallest absolute Gasteiger partial charge is 0.427 e. The minimum Gasteiger partial charge on any atom is -0.443 e. The molecule has 9 heteroatoms. The number of nitrogens with one attached hydrogen (secondary N) is 1. The first kappa shape index (κ1) is 19.1. The summed E-state index contributed by atoms with van der Waals surface area (Å²) in [7, 11) is 0. The molecule has 0 aromatic carbocycles. The molecule has 1 N–H and O–H groups in total. The molecule has 128 valence electrons. The summed E-state index contributed by atoms with van der Waals surface area (Å²) in [5.74, 6) is -0.178. The fourth-order valence-corrected chi connectivity index (χ4v) is 1.76. The van der Waals surface area contributed by atoms with Crippen LogP contribution in [0.25, 0.3) is 0 Å². The number of aldehydes is 1. The average Bonchev–Trinajstić information content (AvgIpc) is 2.65. The first-order valence-corrected chi connectivity index (χ1v) is 7.60. The summed E-state index contributed by atoms with van der Waals surface area (Å²) in [6, 6.07) is 0. The van der Waals surface area contributed by atoms with Crippen molar-refractivity contribution < 1.29 is 23.9 Å². The zero-order valence-electron chi connectivity index (χ0n) is 13.9. The number of rotatable bonds is 2. The van der Waals surface area contributed by atoms with Gasteiger partial charge in [-0.1, -0.05) is 0 Å². The molecule has 1 aromatic rings. The Morgan fingerprint density at radius 1 is 1.09 bits per heavy atom. The summed E-state index contributed by atoms with van der Waals surface area (Å²) in [4.78, 5) is 42.7. The van der Waals surface area contributed by atoms with Crippen LogP contribution in [0.2, 0.25) is 0 Å². The molecule has 2 amide bonds. The molecule has 8 nitrogen and oxygen atoms in total. The lowest BCUT2D eigenvalue weighted by atomic mass is 10.2. The number of hydrogen-bond donors (Lipinski definition) is 1. The molecule has 1 heterocycles. The lowest BCUT2D eigenvalue weighted by Gasteiger charge is -2.27. The molecule has 1 aromatic heterocycles. The maximum Gasteiger partial charge on any atom is 0.427 e. The van der Waals surface area contributed by atoms with E-state index in [-0.39, 0.29) is 16.2 Å². The van der Waals surface area contributed by atoms with Gasteiger partial charge in [-0.15, -0.1) is 4.90 Å². The van der Waals surface area contributed by atoms with Crippen molar-refractivity contribution in [3.8, 4) is 0 Å². The Balaban J connectivity index is 3.22. The quantitative estimate of drug-likeness (QED) is 0.774. The van der Waals surface area contributed by atoms with Gasteiger partial charge in [0.05, 0.1) is 0 Å². The molecule has 0 unspecified atom stereocenters. The molecule has 0 atom stereocenters. The zero-order valence-corrected chi connectivity index (χ0v) is 15.5. The maximum atomic E-state index is 12.3. The van der Waals surface area contributed by atoms with Crippen LogP contribution in [-0.4, -0.2) is 39.6 Å². The van der Waals surface area contributed by atoms with E-state index in [1.165, 1.54) is 0 Å². The van der Waals surface area contributed by atoms with Crippen LogP contribution in [0, 0.1) is 0 Å². The number of H-pyrrole nitrogens is 1. The second kappa shape index (κ2) is 6.69. The molecule has 0 fully saturated rings. The monoisotopic (exact) mass is 389 g/mol. The fourth-order valence-electron chi connectivity index (χ4n) is 1.40. The fraction of sp³-hybridized carbons (Fsp3) is 0.571. The van der Waals surface area contributed by atoms with Crippen molar-refractivity contribution in [2.45, 2.75) is 52.7 Å². The van der Waals surface area contributed by atoms with Gasteiger partial charge >= 0.3 is 12.2 Å². The maximum absolute atomic E-state index is 12.3. The lowest BCUT2D eigenvalue weighted by Crippen LogP contribution is -2.44. The van der Waals surface area contributed by atoms with Gasteiger partial charge in [0.2, 0.25) is 5.95 Å². The van der Waals surface area contributed by atoms with Gasteiger partial charge < -0.3 is 14.5 Å². The zero-order chi connectivity index (χ0) is 18.0. The average molecular weight is 390 g/mol. The highest BCUT2D eigenvalue weighted by Crippen LogP contribution is 2.22. The lowest BCUT2D eigenvalue weighted by molar-refractivity contribution is 0.0427. The van der Waals surface area contributed by atoms with Crippen LogP contribution < -0.4 is 4.90 Å². The van der Waals surface area contributed by atoms with Gasteiger partial charge in [-0.05, 0) is 57.5 Å². The van der Waals surface area contributed by atoms with E-state index in [2.05, 4.69) is 25.9 Å². The van der Waals surface area contributed by atoms with Gasteiger partial charge in [0.1, 0.15) is 21.5 Å². The second-order valence-electron chi connectivity index (χ2n) is 6.68. The summed E-state index contributed by atoms with van der Waals surface area (Å²) in [6.07, 6.45) is -1.43. The Labute approximate surface area is 142 Å². The normalized spacial score (nSPS) is 11.8. The number of carbonyl (C=O) groups is 3. The van der Waals surface area contributed by atoms with Crippen molar-refractivity contribution in [2.24, 2.45) is 0 Å². The molecule has 1 rings (SSSR count). The van der Waals surface area contributed by atoms with Gasteiger partial charge in [-0.25, -0.2) is 14.6 Å². The second-order valence-corrected chi connectivity index (χ2v) is 7.43.